The molecular formula is C19H23NO3. The lowest BCUT2D eigenvalue weighted by Crippen LogP contribution is -2.24. The molecule has 2 unspecified atom stereocenters. The highest BCUT2D eigenvalue weighted by Gasteiger charge is 2.31. The smallest absolute Gasteiger partial charge is 0.161 e. The fourth-order valence-electron chi connectivity index (χ4n) is 3.64. The van der Waals surface area contributed by atoms with Gasteiger partial charge in [-0.3, -0.25) is 9.78 Å². The largest absolute Gasteiger partial charge is 0.493 e. The van der Waals surface area contributed by atoms with Gasteiger partial charge in [0.1, 0.15) is 5.78 Å². The molecule has 0 radical (unpaired) electrons. The minimum atomic E-state index is 0.0459. The number of ether oxygens (including phenoxy) is 2. The molecule has 1 fully saturated rings. The van der Waals surface area contributed by atoms with E-state index in [1.807, 2.05) is 32.2 Å². The SMILES string of the molecule is COc1cc2c(C3CCCC(=O)C3C)cnc(C)c2cc1OC. The van der Waals surface area contributed by atoms with Gasteiger partial charge in [-0.25, -0.2) is 0 Å². The number of hydrogen-bond acceptors (Lipinski definition) is 4. The lowest BCUT2D eigenvalue weighted by molar-refractivity contribution is -0.124. The third-order valence-corrected chi connectivity index (χ3v) is 5.07. The Morgan fingerprint density at radius 3 is 2.43 bits per heavy atom. The second kappa shape index (κ2) is 6.19. The zero-order valence-electron chi connectivity index (χ0n) is 14.2. The van der Waals surface area contributed by atoms with E-state index in [1.54, 1.807) is 14.2 Å². The van der Waals surface area contributed by atoms with E-state index < -0.39 is 0 Å². The Morgan fingerprint density at radius 2 is 1.78 bits per heavy atom. The van der Waals surface area contributed by atoms with Gasteiger partial charge in [-0.1, -0.05) is 6.92 Å². The normalized spacial score (nSPS) is 21.5. The number of methoxy groups -OCH3 is 2. The molecule has 1 saturated carbocycles. The number of Topliss-reactive ketones (excluding diaryl/α,β-unsaturated/α-hetero) is 1. The molecule has 23 heavy (non-hydrogen) atoms. The number of pyridine rings is 1. The van der Waals surface area contributed by atoms with Gasteiger partial charge >= 0.3 is 0 Å². The van der Waals surface area contributed by atoms with Crippen molar-refractivity contribution in [1.29, 1.82) is 0 Å². The van der Waals surface area contributed by atoms with Crippen LogP contribution in [0.4, 0.5) is 0 Å². The van der Waals surface area contributed by atoms with Crippen molar-refractivity contribution in [2.24, 2.45) is 5.92 Å². The molecule has 0 aliphatic heterocycles. The zero-order chi connectivity index (χ0) is 16.6. The summed E-state index contributed by atoms with van der Waals surface area (Å²) < 4.78 is 10.9. The highest BCUT2D eigenvalue weighted by atomic mass is 16.5. The van der Waals surface area contributed by atoms with Crippen LogP contribution in [-0.4, -0.2) is 25.0 Å². The maximum Gasteiger partial charge on any atom is 0.161 e. The summed E-state index contributed by atoms with van der Waals surface area (Å²) in [6.45, 7) is 4.03. The second-order valence-electron chi connectivity index (χ2n) is 6.31. The number of carbonyl (C=O) groups excluding carboxylic acids is 1. The van der Waals surface area contributed by atoms with Gasteiger partial charge in [-0.2, -0.15) is 0 Å². The number of fused-ring (bicyclic) bond motifs is 1. The van der Waals surface area contributed by atoms with Crippen molar-refractivity contribution in [3.8, 4) is 11.5 Å². The van der Waals surface area contributed by atoms with Gasteiger partial charge in [0.25, 0.3) is 0 Å². The lowest BCUT2D eigenvalue weighted by Gasteiger charge is -2.29. The molecule has 2 aromatic rings. The number of rotatable bonds is 3. The molecule has 122 valence electrons. The molecule has 3 rings (SSSR count). The maximum absolute atomic E-state index is 12.1. The summed E-state index contributed by atoms with van der Waals surface area (Å²) in [5, 5.41) is 2.17. The van der Waals surface area contributed by atoms with Gasteiger partial charge in [0, 0.05) is 29.6 Å². The van der Waals surface area contributed by atoms with E-state index in [0.29, 0.717) is 23.7 Å². The molecule has 1 heterocycles. The Bertz CT molecular complexity index is 754. The molecule has 0 amide bonds. The predicted molar refractivity (Wildman–Crippen MR) is 90.3 cm³/mol. The molecule has 4 heteroatoms. The van der Waals surface area contributed by atoms with Crippen molar-refractivity contribution in [3.63, 3.8) is 0 Å². The van der Waals surface area contributed by atoms with E-state index in [1.165, 1.54) is 0 Å². The van der Waals surface area contributed by atoms with Crippen molar-refractivity contribution in [2.45, 2.75) is 39.0 Å². The van der Waals surface area contributed by atoms with E-state index in [4.69, 9.17) is 9.47 Å². The number of aromatic nitrogens is 1. The Kier molecular flexibility index (Phi) is 4.24. The first-order valence-electron chi connectivity index (χ1n) is 8.10. The topological polar surface area (TPSA) is 48.4 Å². The number of hydrogen-bond donors (Lipinski definition) is 0. The molecule has 0 spiro atoms. The summed E-state index contributed by atoms with van der Waals surface area (Å²) in [6.07, 6.45) is 4.62. The highest BCUT2D eigenvalue weighted by molar-refractivity contribution is 5.92. The molecule has 0 saturated heterocycles. The zero-order valence-corrected chi connectivity index (χ0v) is 14.2. The van der Waals surface area contributed by atoms with Gasteiger partial charge < -0.3 is 9.47 Å². The summed E-state index contributed by atoms with van der Waals surface area (Å²) in [7, 11) is 3.28. The van der Waals surface area contributed by atoms with Crippen molar-refractivity contribution < 1.29 is 14.3 Å². The van der Waals surface area contributed by atoms with Gasteiger partial charge in [0.2, 0.25) is 0 Å². The summed E-state index contributed by atoms with van der Waals surface area (Å²) >= 11 is 0. The van der Waals surface area contributed by atoms with Crippen LogP contribution in [-0.2, 0) is 4.79 Å². The van der Waals surface area contributed by atoms with Crippen molar-refractivity contribution in [3.05, 3.63) is 29.6 Å². The Balaban J connectivity index is 2.21. The fraction of sp³-hybridized carbons (Fsp3) is 0.474. The number of benzene rings is 1. The molecule has 1 aliphatic carbocycles. The minimum absolute atomic E-state index is 0.0459. The van der Waals surface area contributed by atoms with E-state index in [-0.39, 0.29) is 11.8 Å². The molecular weight excluding hydrogens is 290 g/mol. The lowest BCUT2D eigenvalue weighted by atomic mass is 9.75. The molecule has 1 aliphatic rings. The molecule has 4 nitrogen and oxygen atoms in total. The van der Waals surface area contributed by atoms with Gasteiger partial charge in [-0.15, -0.1) is 0 Å². The van der Waals surface area contributed by atoms with Crippen LogP contribution in [0.5, 0.6) is 11.5 Å². The molecule has 1 aromatic heterocycles. The van der Waals surface area contributed by atoms with Crippen LogP contribution < -0.4 is 9.47 Å². The minimum Gasteiger partial charge on any atom is -0.493 e. The van der Waals surface area contributed by atoms with Crippen LogP contribution in [0.3, 0.4) is 0 Å². The monoisotopic (exact) mass is 313 g/mol. The first kappa shape index (κ1) is 15.8. The van der Waals surface area contributed by atoms with E-state index in [9.17, 15) is 4.79 Å². The second-order valence-corrected chi connectivity index (χ2v) is 6.31. The van der Waals surface area contributed by atoms with E-state index in [2.05, 4.69) is 4.98 Å². The standard InChI is InChI=1S/C19H23NO3/c1-11-13(6-5-7-17(11)21)16-10-20-12(2)14-8-18(22-3)19(23-4)9-15(14)16/h8-11,13H,5-7H2,1-4H3. The molecule has 2 atom stereocenters. The summed E-state index contributed by atoms with van der Waals surface area (Å²) in [4.78, 5) is 16.7. The van der Waals surface area contributed by atoms with Crippen LogP contribution in [0.25, 0.3) is 10.8 Å². The molecule has 0 bridgehead atoms. The average molecular weight is 313 g/mol. The van der Waals surface area contributed by atoms with Crippen molar-refractivity contribution >= 4 is 16.6 Å². The number of aryl methyl sites for hydroxylation is 1. The van der Waals surface area contributed by atoms with Gasteiger partial charge in [0.15, 0.2) is 11.5 Å². The van der Waals surface area contributed by atoms with Crippen LogP contribution in [0, 0.1) is 12.8 Å². The quantitative estimate of drug-likeness (QED) is 0.858. The van der Waals surface area contributed by atoms with Gasteiger partial charge in [0.05, 0.1) is 14.2 Å². The van der Waals surface area contributed by atoms with E-state index in [0.717, 1.165) is 34.9 Å². The number of carbonyl (C=O) groups is 1. The van der Waals surface area contributed by atoms with Crippen LogP contribution in [0.1, 0.15) is 43.4 Å². The fourth-order valence-corrected chi connectivity index (χ4v) is 3.64. The molecule has 0 N–H and O–H groups in total. The first-order valence-corrected chi connectivity index (χ1v) is 8.10. The Hall–Kier alpha value is -2.10. The summed E-state index contributed by atoms with van der Waals surface area (Å²) in [6, 6.07) is 4.00. The number of ketones is 1. The molecule has 1 aromatic carbocycles. The summed E-state index contributed by atoms with van der Waals surface area (Å²) in [5.41, 5.74) is 2.10. The Morgan fingerprint density at radius 1 is 1.13 bits per heavy atom. The highest BCUT2D eigenvalue weighted by Crippen LogP contribution is 2.41. The number of nitrogens with zero attached hydrogens (tertiary/aromatic N) is 1. The third kappa shape index (κ3) is 2.67. The van der Waals surface area contributed by atoms with Gasteiger partial charge in [-0.05, 0) is 48.8 Å². The van der Waals surface area contributed by atoms with Crippen LogP contribution in [0.15, 0.2) is 18.3 Å². The maximum atomic E-state index is 12.1. The Labute approximate surface area is 136 Å². The summed E-state index contributed by atoms with van der Waals surface area (Å²) in [5.74, 6) is 2.04. The van der Waals surface area contributed by atoms with E-state index >= 15 is 0 Å². The average Bonchev–Trinajstić information content (AvgIpc) is 2.57. The van der Waals surface area contributed by atoms with Crippen LogP contribution in [0.2, 0.25) is 0 Å². The van der Waals surface area contributed by atoms with Crippen molar-refractivity contribution in [1.82, 2.24) is 4.98 Å². The predicted octanol–water partition coefficient (Wildman–Crippen LogP) is 4.03. The first-order chi connectivity index (χ1) is 11.1. The van der Waals surface area contributed by atoms with Crippen molar-refractivity contribution in [2.75, 3.05) is 14.2 Å². The third-order valence-electron chi connectivity index (χ3n) is 5.07. The van der Waals surface area contributed by atoms with Crippen LogP contribution >= 0.6 is 0 Å².